The molecule has 0 aliphatic heterocycles. The molecule has 0 radical (unpaired) electrons. The van der Waals surface area contributed by atoms with E-state index in [9.17, 15) is 0 Å². The first-order valence-electron chi connectivity index (χ1n) is 6.22. The molecule has 2 rings (SSSR count). The fourth-order valence-electron chi connectivity index (χ4n) is 2.22. The Hall–Kier alpha value is -1.56. The predicted molar refractivity (Wildman–Crippen MR) is 68.9 cm³/mol. The van der Waals surface area contributed by atoms with Gasteiger partial charge in [-0.05, 0) is 44.6 Å². The number of anilines is 1. The maximum Gasteiger partial charge on any atom is 0.103 e. The number of nitrogens with one attached hydrogen (secondary N) is 1. The van der Waals surface area contributed by atoms with E-state index >= 15 is 0 Å². The molecule has 1 fully saturated rings. The Labute approximate surface area is 103 Å². The molecule has 0 atom stereocenters. The minimum atomic E-state index is 0.484. The van der Waals surface area contributed by atoms with Crippen LogP contribution in [0.25, 0.3) is 0 Å². The van der Waals surface area contributed by atoms with Crippen LogP contribution >= 0.6 is 0 Å². The van der Waals surface area contributed by atoms with Crippen molar-refractivity contribution in [3.05, 3.63) is 23.0 Å². The first kappa shape index (κ1) is 11.9. The lowest BCUT2D eigenvalue weighted by atomic mass is 10.0. The third-order valence-corrected chi connectivity index (χ3v) is 3.80. The van der Waals surface area contributed by atoms with Crippen LogP contribution in [0, 0.1) is 30.6 Å². The molecule has 1 saturated carbocycles. The number of hydrogen-bond donors (Lipinski definition) is 1. The summed E-state index contributed by atoms with van der Waals surface area (Å²) < 4.78 is 0. The number of aryl methyl sites for hydroxylation is 2. The molecule has 0 unspecified atom stereocenters. The van der Waals surface area contributed by atoms with Gasteiger partial charge in [-0.1, -0.05) is 6.92 Å². The van der Waals surface area contributed by atoms with E-state index in [1.165, 1.54) is 19.3 Å². The lowest BCUT2D eigenvalue weighted by Crippen LogP contribution is -2.15. The fraction of sp³-hybridized carbons (Fsp3) is 0.571. The second-order valence-electron chi connectivity index (χ2n) is 5.09. The first-order valence-corrected chi connectivity index (χ1v) is 6.22. The van der Waals surface area contributed by atoms with Crippen molar-refractivity contribution >= 4 is 5.69 Å². The van der Waals surface area contributed by atoms with Gasteiger partial charge in [0, 0.05) is 12.2 Å². The highest BCUT2D eigenvalue weighted by Crippen LogP contribution is 2.48. The van der Waals surface area contributed by atoms with Gasteiger partial charge in [0.1, 0.15) is 6.07 Å². The molecule has 0 spiro atoms. The lowest BCUT2D eigenvalue weighted by molar-refractivity contribution is 0.521. The van der Waals surface area contributed by atoms with Crippen molar-refractivity contribution in [1.29, 1.82) is 5.26 Å². The van der Waals surface area contributed by atoms with E-state index in [1.54, 1.807) is 0 Å². The monoisotopic (exact) mass is 229 g/mol. The molecule has 1 N–H and O–H groups in total. The van der Waals surface area contributed by atoms with Crippen LogP contribution in [0.4, 0.5) is 5.69 Å². The molecule has 0 amide bonds. The number of aromatic nitrogens is 1. The number of hydrogen-bond acceptors (Lipinski definition) is 3. The first-order chi connectivity index (χ1) is 8.10. The van der Waals surface area contributed by atoms with Crippen molar-refractivity contribution < 1.29 is 0 Å². The van der Waals surface area contributed by atoms with Crippen molar-refractivity contribution in [1.82, 2.24) is 4.98 Å². The average molecular weight is 229 g/mol. The van der Waals surface area contributed by atoms with Gasteiger partial charge >= 0.3 is 0 Å². The van der Waals surface area contributed by atoms with Crippen LogP contribution < -0.4 is 5.32 Å². The maximum absolute atomic E-state index is 9.16. The van der Waals surface area contributed by atoms with Crippen LogP contribution in [-0.4, -0.2) is 11.5 Å². The highest BCUT2D eigenvalue weighted by atomic mass is 14.9. The molecule has 1 aromatic rings. The van der Waals surface area contributed by atoms with E-state index in [2.05, 4.69) is 23.3 Å². The summed E-state index contributed by atoms with van der Waals surface area (Å²) in [5.74, 6) is 0. The largest absolute Gasteiger partial charge is 0.383 e. The standard InChI is InChI=1S/C14H19N3/c1-4-14(5-6-14)9-16-13-7-10(2)17-11(3)12(13)8-15/h7H,4-6,9H2,1-3H3,(H,16,17). The van der Waals surface area contributed by atoms with Gasteiger partial charge in [-0.3, -0.25) is 4.98 Å². The van der Waals surface area contributed by atoms with Gasteiger partial charge in [-0.25, -0.2) is 0 Å². The fourth-order valence-corrected chi connectivity index (χ4v) is 2.22. The zero-order valence-corrected chi connectivity index (χ0v) is 10.8. The van der Waals surface area contributed by atoms with Gasteiger partial charge in [0.2, 0.25) is 0 Å². The molecule has 1 heterocycles. The third-order valence-electron chi connectivity index (χ3n) is 3.80. The summed E-state index contributed by atoms with van der Waals surface area (Å²) in [6.45, 7) is 7.07. The highest BCUT2D eigenvalue weighted by molar-refractivity contribution is 5.60. The third kappa shape index (κ3) is 2.41. The molecule has 0 bridgehead atoms. The second-order valence-corrected chi connectivity index (χ2v) is 5.09. The molecular weight excluding hydrogens is 210 g/mol. The summed E-state index contributed by atoms with van der Waals surface area (Å²) in [6.07, 6.45) is 3.83. The molecule has 90 valence electrons. The van der Waals surface area contributed by atoms with Gasteiger partial charge in [0.25, 0.3) is 0 Å². The average Bonchev–Trinajstić information content (AvgIpc) is 3.06. The Balaban J connectivity index is 2.18. The van der Waals surface area contributed by atoms with E-state index in [1.807, 2.05) is 19.9 Å². The molecular formula is C14H19N3. The topological polar surface area (TPSA) is 48.7 Å². The van der Waals surface area contributed by atoms with Crippen LogP contribution in [0.2, 0.25) is 0 Å². The van der Waals surface area contributed by atoms with E-state index in [-0.39, 0.29) is 0 Å². The van der Waals surface area contributed by atoms with Crippen molar-refractivity contribution in [2.24, 2.45) is 5.41 Å². The van der Waals surface area contributed by atoms with Gasteiger partial charge < -0.3 is 5.32 Å². The van der Waals surface area contributed by atoms with Crippen LogP contribution in [0.15, 0.2) is 6.07 Å². The number of nitriles is 1. The summed E-state index contributed by atoms with van der Waals surface area (Å²) in [6, 6.07) is 4.21. The van der Waals surface area contributed by atoms with Crippen molar-refractivity contribution in [3.63, 3.8) is 0 Å². The van der Waals surface area contributed by atoms with Crippen LogP contribution in [-0.2, 0) is 0 Å². The van der Waals surface area contributed by atoms with Crippen LogP contribution in [0.3, 0.4) is 0 Å². The number of pyridine rings is 1. The van der Waals surface area contributed by atoms with Crippen molar-refractivity contribution in [2.45, 2.75) is 40.0 Å². The Kier molecular flexibility index (Phi) is 3.06. The molecule has 3 nitrogen and oxygen atoms in total. The lowest BCUT2D eigenvalue weighted by Gasteiger charge is -2.16. The number of rotatable bonds is 4. The summed E-state index contributed by atoms with van der Waals surface area (Å²) in [4.78, 5) is 4.32. The Morgan fingerprint density at radius 1 is 1.47 bits per heavy atom. The maximum atomic E-state index is 9.16. The normalized spacial score (nSPS) is 16.4. The van der Waals surface area contributed by atoms with Crippen molar-refractivity contribution in [2.75, 3.05) is 11.9 Å². The van der Waals surface area contributed by atoms with Gasteiger partial charge in [-0.2, -0.15) is 5.26 Å². The minimum absolute atomic E-state index is 0.484. The van der Waals surface area contributed by atoms with E-state index < -0.39 is 0 Å². The Morgan fingerprint density at radius 3 is 2.71 bits per heavy atom. The summed E-state index contributed by atoms with van der Waals surface area (Å²) >= 11 is 0. The van der Waals surface area contributed by atoms with Gasteiger partial charge in [0.05, 0.1) is 16.9 Å². The molecule has 1 aliphatic carbocycles. The molecule has 1 aliphatic rings. The van der Waals surface area contributed by atoms with Gasteiger partial charge in [-0.15, -0.1) is 0 Å². The predicted octanol–water partition coefficient (Wildman–Crippen LogP) is 3.17. The summed E-state index contributed by atoms with van der Waals surface area (Å²) in [5.41, 5.74) is 3.89. The molecule has 3 heteroatoms. The van der Waals surface area contributed by atoms with E-state index in [4.69, 9.17) is 5.26 Å². The molecule has 0 saturated heterocycles. The quantitative estimate of drug-likeness (QED) is 0.862. The highest BCUT2D eigenvalue weighted by Gasteiger charge is 2.40. The smallest absolute Gasteiger partial charge is 0.103 e. The SMILES string of the molecule is CCC1(CNc2cc(C)nc(C)c2C#N)CC1. The van der Waals surface area contributed by atoms with Crippen molar-refractivity contribution in [3.8, 4) is 6.07 Å². The number of nitrogens with zero attached hydrogens (tertiary/aromatic N) is 2. The van der Waals surface area contributed by atoms with Gasteiger partial charge in [0.15, 0.2) is 0 Å². The Bertz CT molecular complexity index is 467. The van der Waals surface area contributed by atoms with E-state index in [0.29, 0.717) is 11.0 Å². The van der Waals surface area contributed by atoms with Crippen LogP contribution in [0.1, 0.15) is 43.1 Å². The molecule has 1 aromatic heterocycles. The second kappa shape index (κ2) is 4.37. The molecule has 0 aromatic carbocycles. The van der Waals surface area contributed by atoms with E-state index in [0.717, 1.165) is 23.6 Å². The van der Waals surface area contributed by atoms with Crippen LogP contribution in [0.5, 0.6) is 0 Å². The zero-order valence-electron chi connectivity index (χ0n) is 10.8. The summed E-state index contributed by atoms with van der Waals surface area (Å²) in [5, 5.41) is 12.6. The minimum Gasteiger partial charge on any atom is -0.383 e. The Morgan fingerprint density at radius 2 is 2.18 bits per heavy atom. The molecule has 17 heavy (non-hydrogen) atoms. The zero-order chi connectivity index (χ0) is 12.5. The summed E-state index contributed by atoms with van der Waals surface area (Å²) in [7, 11) is 0.